The molecule has 1 atom stereocenters. The second kappa shape index (κ2) is 2.27. The van der Waals surface area contributed by atoms with Gasteiger partial charge in [-0.1, -0.05) is 0 Å². The summed E-state index contributed by atoms with van der Waals surface area (Å²) >= 11 is 0. The molecule has 0 bridgehead atoms. The van der Waals surface area contributed by atoms with Crippen molar-refractivity contribution in [2.24, 2.45) is 0 Å². The average Bonchev–Trinajstić information content (AvgIpc) is 1.78. The number of morpholine rings is 1. The van der Waals surface area contributed by atoms with Gasteiger partial charge in [0.1, 0.15) is 0 Å². The van der Waals surface area contributed by atoms with Gasteiger partial charge in [0.2, 0.25) is 0 Å². The van der Waals surface area contributed by atoms with Crippen LogP contribution in [-0.4, -0.2) is 24.8 Å². The molecule has 1 fully saturated rings. The summed E-state index contributed by atoms with van der Waals surface area (Å²) in [6, 6.07) is 0.526. The van der Waals surface area contributed by atoms with Crippen LogP contribution in [0.15, 0.2) is 0 Å². The van der Waals surface area contributed by atoms with E-state index in [9.17, 15) is 0 Å². The lowest BCUT2D eigenvalue weighted by molar-refractivity contribution is -0.0549. The number of ether oxygens (including phenoxy) is 1. The first kappa shape index (κ1) is 7.03. The Balaban J connectivity index is 2.35. The Morgan fingerprint density at radius 2 is 2.22 bits per heavy atom. The van der Waals surface area contributed by atoms with Gasteiger partial charge in [-0.3, -0.25) is 0 Å². The van der Waals surface area contributed by atoms with Crippen LogP contribution in [0.5, 0.6) is 0 Å². The molecule has 1 aliphatic heterocycles. The van der Waals surface area contributed by atoms with E-state index in [0.29, 0.717) is 6.04 Å². The average molecular weight is 129 g/mol. The van der Waals surface area contributed by atoms with Crippen molar-refractivity contribution < 1.29 is 4.74 Å². The van der Waals surface area contributed by atoms with Crippen molar-refractivity contribution in [1.82, 2.24) is 5.32 Å². The predicted octanol–water partition coefficient (Wildman–Crippen LogP) is 0.773. The molecule has 1 N–H and O–H groups in total. The second-order valence-electron chi connectivity index (χ2n) is 3.35. The Bertz CT molecular complexity index is 91.1. The van der Waals surface area contributed by atoms with E-state index in [1.54, 1.807) is 0 Å². The van der Waals surface area contributed by atoms with Crippen LogP contribution in [0.4, 0.5) is 0 Å². The minimum absolute atomic E-state index is 0.0481. The molecule has 2 nitrogen and oxygen atoms in total. The smallest absolute Gasteiger partial charge is 0.0751 e. The maximum atomic E-state index is 5.52. The van der Waals surface area contributed by atoms with Crippen molar-refractivity contribution in [2.75, 3.05) is 13.2 Å². The van der Waals surface area contributed by atoms with Gasteiger partial charge in [-0.15, -0.1) is 0 Å². The summed E-state index contributed by atoms with van der Waals surface area (Å²) in [5, 5.41) is 3.35. The molecule has 0 radical (unpaired) electrons. The lowest BCUT2D eigenvalue weighted by Gasteiger charge is -2.34. The summed E-state index contributed by atoms with van der Waals surface area (Å²) in [5.74, 6) is 0. The van der Waals surface area contributed by atoms with Crippen molar-refractivity contribution >= 4 is 0 Å². The third kappa shape index (κ3) is 1.95. The molecule has 0 aromatic rings. The molecule has 0 aliphatic carbocycles. The highest BCUT2D eigenvalue weighted by Crippen LogP contribution is 2.12. The van der Waals surface area contributed by atoms with E-state index in [-0.39, 0.29) is 5.60 Å². The molecular formula is C7H15NO. The monoisotopic (exact) mass is 129 g/mol. The standard InChI is InChI=1S/C7H15NO/c1-6-4-9-7(2,3)5-8-6/h6,8H,4-5H2,1-3H3/t6-/m0/s1. The van der Waals surface area contributed by atoms with Crippen LogP contribution in [0.1, 0.15) is 20.8 Å². The lowest BCUT2D eigenvalue weighted by atomic mass is 10.1. The Morgan fingerprint density at radius 3 is 2.56 bits per heavy atom. The zero-order valence-electron chi connectivity index (χ0n) is 6.40. The molecule has 1 heterocycles. The van der Waals surface area contributed by atoms with Gasteiger partial charge in [0.05, 0.1) is 12.2 Å². The van der Waals surface area contributed by atoms with E-state index < -0.39 is 0 Å². The SMILES string of the molecule is C[C@H]1COC(C)(C)CN1. The largest absolute Gasteiger partial charge is 0.373 e. The molecule has 1 aliphatic rings. The van der Waals surface area contributed by atoms with Crippen LogP contribution in [0.2, 0.25) is 0 Å². The van der Waals surface area contributed by atoms with Gasteiger partial charge in [0, 0.05) is 12.6 Å². The minimum atomic E-state index is 0.0481. The summed E-state index contributed by atoms with van der Waals surface area (Å²) in [5.41, 5.74) is 0.0481. The first-order valence-electron chi connectivity index (χ1n) is 3.47. The zero-order chi connectivity index (χ0) is 6.91. The van der Waals surface area contributed by atoms with E-state index in [0.717, 1.165) is 13.2 Å². The van der Waals surface area contributed by atoms with Gasteiger partial charge in [-0.25, -0.2) is 0 Å². The van der Waals surface area contributed by atoms with Gasteiger partial charge in [-0.2, -0.15) is 0 Å². The van der Waals surface area contributed by atoms with Crippen LogP contribution >= 0.6 is 0 Å². The van der Waals surface area contributed by atoms with Gasteiger partial charge in [-0.05, 0) is 20.8 Å². The van der Waals surface area contributed by atoms with Crippen LogP contribution in [0, 0.1) is 0 Å². The predicted molar refractivity (Wildman–Crippen MR) is 37.5 cm³/mol. The van der Waals surface area contributed by atoms with Gasteiger partial charge < -0.3 is 10.1 Å². The lowest BCUT2D eigenvalue weighted by Crippen LogP contribution is -2.50. The third-order valence-corrected chi connectivity index (χ3v) is 1.60. The van der Waals surface area contributed by atoms with Crippen LogP contribution < -0.4 is 5.32 Å². The summed E-state index contributed by atoms with van der Waals surface area (Å²) in [4.78, 5) is 0. The van der Waals surface area contributed by atoms with Crippen molar-refractivity contribution in [3.05, 3.63) is 0 Å². The highest BCUT2D eigenvalue weighted by atomic mass is 16.5. The Labute approximate surface area is 56.6 Å². The molecule has 0 aromatic carbocycles. The van der Waals surface area contributed by atoms with Crippen molar-refractivity contribution in [3.8, 4) is 0 Å². The fourth-order valence-corrected chi connectivity index (χ4v) is 0.881. The topological polar surface area (TPSA) is 21.3 Å². The maximum Gasteiger partial charge on any atom is 0.0751 e. The molecule has 0 spiro atoms. The molecule has 54 valence electrons. The zero-order valence-corrected chi connectivity index (χ0v) is 6.40. The number of hydrogen-bond donors (Lipinski definition) is 1. The maximum absolute atomic E-state index is 5.52. The molecule has 0 amide bonds. The molecule has 1 saturated heterocycles. The Kier molecular flexibility index (Phi) is 1.78. The van der Waals surface area contributed by atoms with E-state index in [4.69, 9.17) is 4.74 Å². The van der Waals surface area contributed by atoms with Crippen molar-refractivity contribution in [1.29, 1.82) is 0 Å². The number of rotatable bonds is 0. The molecule has 0 saturated carbocycles. The van der Waals surface area contributed by atoms with Gasteiger partial charge in [0.15, 0.2) is 0 Å². The first-order valence-corrected chi connectivity index (χ1v) is 3.47. The molecule has 9 heavy (non-hydrogen) atoms. The van der Waals surface area contributed by atoms with E-state index in [1.165, 1.54) is 0 Å². The highest BCUT2D eigenvalue weighted by molar-refractivity contribution is 4.79. The number of hydrogen-bond acceptors (Lipinski definition) is 2. The van der Waals surface area contributed by atoms with Gasteiger partial charge in [0.25, 0.3) is 0 Å². The summed E-state index contributed by atoms with van der Waals surface area (Å²) in [6.07, 6.45) is 0. The van der Waals surface area contributed by atoms with E-state index in [2.05, 4.69) is 26.1 Å². The minimum Gasteiger partial charge on any atom is -0.373 e. The molecular weight excluding hydrogens is 114 g/mol. The summed E-state index contributed by atoms with van der Waals surface area (Å²) in [7, 11) is 0. The van der Waals surface area contributed by atoms with Crippen molar-refractivity contribution in [2.45, 2.75) is 32.4 Å². The normalized spacial score (nSPS) is 34.3. The van der Waals surface area contributed by atoms with E-state index in [1.807, 2.05) is 0 Å². The molecule has 1 rings (SSSR count). The fourth-order valence-electron chi connectivity index (χ4n) is 0.881. The van der Waals surface area contributed by atoms with E-state index >= 15 is 0 Å². The van der Waals surface area contributed by atoms with Crippen molar-refractivity contribution in [3.63, 3.8) is 0 Å². The Hall–Kier alpha value is -0.0800. The van der Waals surface area contributed by atoms with Crippen LogP contribution in [0.25, 0.3) is 0 Å². The first-order chi connectivity index (χ1) is 4.10. The Morgan fingerprint density at radius 1 is 1.56 bits per heavy atom. The highest BCUT2D eigenvalue weighted by Gasteiger charge is 2.24. The fraction of sp³-hybridized carbons (Fsp3) is 1.00. The summed E-state index contributed by atoms with van der Waals surface area (Å²) < 4.78 is 5.52. The summed E-state index contributed by atoms with van der Waals surface area (Å²) in [6.45, 7) is 8.15. The molecule has 0 unspecified atom stereocenters. The van der Waals surface area contributed by atoms with Crippen LogP contribution in [0.3, 0.4) is 0 Å². The second-order valence-corrected chi connectivity index (χ2v) is 3.35. The van der Waals surface area contributed by atoms with Crippen LogP contribution in [-0.2, 0) is 4.74 Å². The molecule has 2 heteroatoms. The quantitative estimate of drug-likeness (QED) is 0.521. The molecule has 0 aromatic heterocycles. The third-order valence-electron chi connectivity index (χ3n) is 1.60. The van der Waals surface area contributed by atoms with Gasteiger partial charge >= 0.3 is 0 Å². The number of nitrogens with one attached hydrogen (secondary N) is 1.